The average molecular weight is 377 g/mol. The smallest absolute Gasteiger partial charge is 0.416 e. The van der Waals surface area contributed by atoms with Crippen LogP contribution in [0.1, 0.15) is 18.2 Å². The Morgan fingerprint density at radius 1 is 1.26 bits per heavy atom. The molecule has 0 spiro atoms. The summed E-state index contributed by atoms with van der Waals surface area (Å²) in [7, 11) is 1.19. The van der Waals surface area contributed by atoms with Crippen molar-refractivity contribution in [2.75, 3.05) is 7.11 Å². The Balaban J connectivity index is 1.93. The fraction of sp³-hybridized carbons (Fsp3) is 0.158. The molecule has 3 rings (SSSR count). The molecular formula is C19H14F3NO4. The highest BCUT2D eigenvalue weighted by Gasteiger charge is 2.31. The molecule has 0 aliphatic carbocycles. The summed E-state index contributed by atoms with van der Waals surface area (Å²) in [6.45, 7) is 1.54. The van der Waals surface area contributed by atoms with Crippen LogP contribution in [0, 0.1) is 0 Å². The molecule has 0 fully saturated rings. The van der Waals surface area contributed by atoms with Gasteiger partial charge in [0.1, 0.15) is 22.8 Å². The number of aliphatic hydroxyl groups excluding tert-OH is 1. The third-order valence-electron chi connectivity index (χ3n) is 3.90. The summed E-state index contributed by atoms with van der Waals surface area (Å²) in [6.07, 6.45) is -3.07. The first kappa shape index (κ1) is 18.5. The van der Waals surface area contributed by atoms with Gasteiger partial charge in [0, 0.05) is 11.6 Å². The summed E-state index contributed by atoms with van der Waals surface area (Å²) in [5.41, 5.74) is -0.187. The lowest BCUT2D eigenvalue weighted by molar-refractivity contribution is -0.137. The molecule has 0 bridgehead atoms. The summed E-state index contributed by atoms with van der Waals surface area (Å²) in [5, 5.41) is 10.2. The molecule has 1 aliphatic heterocycles. The van der Waals surface area contributed by atoms with Crippen LogP contribution >= 0.6 is 0 Å². The lowest BCUT2D eigenvalue weighted by Gasteiger charge is -2.07. The van der Waals surface area contributed by atoms with Gasteiger partial charge in [-0.2, -0.15) is 13.2 Å². The quantitative estimate of drug-likeness (QED) is 0.783. The van der Waals surface area contributed by atoms with Crippen LogP contribution in [-0.4, -0.2) is 23.9 Å². The normalized spacial score (nSPS) is 16.0. The van der Waals surface area contributed by atoms with Gasteiger partial charge in [0.15, 0.2) is 5.76 Å². The number of nitrogens with zero attached hydrogens (tertiary/aromatic N) is 1. The fourth-order valence-electron chi connectivity index (χ4n) is 2.61. The number of alkyl halides is 3. The van der Waals surface area contributed by atoms with Crippen molar-refractivity contribution in [2.24, 2.45) is 4.99 Å². The number of methoxy groups -OCH3 is 1. The van der Waals surface area contributed by atoms with Crippen LogP contribution < -0.4 is 0 Å². The summed E-state index contributed by atoms with van der Waals surface area (Å²) in [5.74, 6) is -0.590. The summed E-state index contributed by atoms with van der Waals surface area (Å²) in [6, 6.07) is 7.78. The van der Waals surface area contributed by atoms with E-state index in [2.05, 4.69) is 9.73 Å². The van der Waals surface area contributed by atoms with Crippen LogP contribution in [0.4, 0.5) is 13.2 Å². The molecule has 0 saturated carbocycles. The standard InChI is InChI=1S/C19H14F3NO4/c1-10-16(18(25)26-2)17(24)14(23-10)9-13-6-7-15(27-13)11-4-3-5-12(8-11)19(20,21)22/h3-9,24H,1-2H3/b14-9+. The maximum atomic E-state index is 12.8. The third kappa shape index (κ3) is 3.64. The minimum Gasteiger partial charge on any atom is -0.505 e. The Bertz CT molecular complexity index is 996. The van der Waals surface area contributed by atoms with E-state index in [0.717, 1.165) is 12.1 Å². The van der Waals surface area contributed by atoms with E-state index in [1.54, 1.807) is 6.92 Å². The topological polar surface area (TPSA) is 72.0 Å². The second-order valence-corrected chi connectivity index (χ2v) is 5.72. The number of halogens is 3. The van der Waals surface area contributed by atoms with Gasteiger partial charge in [0.25, 0.3) is 0 Å². The highest BCUT2D eigenvalue weighted by molar-refractivity contribution is 6.21. The fourth-order valence-corrected chi connectivity index (χ4v) is 2.61. The SMILES string of the molecule is COC(=O)C1=C(O)/C(=C\c2ccc(-c3cccc(C(F)(F)F)c3)o2)N=C1C. The summed E-state index contributed by atoms with van der Waals surface area (Å²) < 4.78 is 48.7. The van der Waals surface area contributed by atoms with Crippen molar-refractivity contribution in [1.82, 2.24) is 0 Å². The number of esters is 1. The van der Waals surface area contributed by atoms with E-state index in [4.69, 9.17) is 4.42 Å². The number of rotatable bonds is 3. The van der Waals surface area contributed by atoms with Crippen LogP contribution in [0.25, 0.3) is 17.4 Å². The van der Waals surface area contributed by atoms with Crippen LogP contribution in [0.2, 0.25) is 0 Å². The average Bonchev–Trinajstić information content (AvgIpc) is 3.19. The van der Waals surface area contributed by atoms with Gasteiger partial charge < -0.3 is 14.3 Å². The molecule has 1 aromatic heterocycles. The number of benzene rings is 1. The zero-order valence-corrected chi connectivity index (χ0v) is 14.3. The van der Waals surface area contributed by atoms with Crippen molar-refractivity contribution in [2.45, 2.75) is 13.1 Å². The number of carbonyl (C=O) groups excluding carboxylic acids is 1. The van der Waals surface area contributed by atoms with E-state index in [1.807, 2.05) is 0 Å². The number of hydrogen-bond acceptors (Lipinski definition) is 5. The molecule has 0 saturated heterocycles. The molecule has 2 heterocycles. The molecule has 1 aromatic carbocycles. The number of hydrogen-bond donors (Lipinski definition) is 1. The lowest BCUT2D eigenvalue weighted by atomic mass is 10.1. The van der Waals surface area contributed by atoms with E-state index in [1.165, 1.54) is 37.5 Å². The van der Waals surface area contributed by atoms with Gasteiger partial charge in [-0.05, 0) is 31.2 Å². The number of ether oxygens (including phenoxy) is 1. The van der Waals surface area contributed by atoms with Crippen LogP contribution in [-0.2, 0) is 15.7 Å². The van der Waals surface area contributed by atoms with E-state index < -0.39 is 17.7 Å². The van der Waals surface area contributed by atoms with Crippen molar-refractivity contribution in [3.8, 4) is 11.3 Å². The molecule has 2 aromatic rings. The number of aliphatic hydroxyl groups is 1. The van der Waals surface area contributed by atoms with E-state index in [9.17, 15) is 23.1 Å². The largest absolute Gasteiger partial charge is 0.505 e. The first-order valence-corrected chi connectivity index (χ1v) is 7.77. The van der Waals surface area contributed by atoms with Crippen molar-refractivity contribution < 1.29 is 32.2 Å². The minimum atomic E-state index is -4.45. The van der Waals surface area contributed by atoms with Gasteiger partial charge in [-0.15, -0.1) is 0 Å². The monoisotopic (exact) mass is 377 g/mol. The predicted molar refractivity (Wildman–Crippen MR) is 91.9 cm³/mol. The molecule has 140 valence electrons. The Kier molecular flexibility index (Phi) is 4.65. The van der Waals surface area contributed by atoms with E-state index in [-0.39, 0.29) is 39.8 Å². The zero-order chi connectivity index (χ0) is 19.8. The molecule has 0 amide bonds. The molecular weight excluding hydrogens is 363 g/mol. The number of aliphatic imine (C=N–C) groups is 1. The van der Waals surface area contributed by atoms with Gasteiger partial charge in [-0.3, -0.25) is 0 Å². The van der Waals surface area contributed by atoms with Gasteiger partial charge in [0.05, 0.1) is 18.4 Å². The van der Waals surface area contributed by atoms with E-state index >= 15 is 0 Å². The Hall–Kier alpha value is -3.29. The second kappa shape index (κ2) is 6.79. The van der Waals surface area contributed by atoms with Gasteiger partial charge in [-0.25, -0.2) is 9.79 Å². The van der Waals surface area contributed by atoms with Crippen molar-refractivity contribution in [1.29, 1.82) is 0 Å². The Morgan fingerprint density at radius 3 is 2.67 bits per heavy atom. The third-order valence-corrected chi connectivity index (χ3v) is 3.90. The van der Waals surface area contributed by atoms with Crippen molar-refractivity contribution in [3.05, 3.63) is 64.8 Å². The minimum absolute atomic E-state index is 0.0478. The predicted octanol–water partition coefficient (Wildman–Crippen LogP) is 4.77. The number of carbonyl (C=O) groups is 1. The first-order valence-electron chi connectivity index (χ1n) is 7.77. The van der Waals surface area contributed by atoms with Gasteiger partial charge in [-0.1, -0.05) is 12.1 Å². The first-order chi connectivity index (χ1) is 12.7. The maximum Gasteiger partial charge on any atom is 0.416 e. The molecule has 0 atom stereocenters. The van der Waals surface area contributed by atoms with Crippen molar-refractivity contribution >= 4 is 17.8 Å². The second-order valence-electron chi connectivity index (χ2n) is 5.72. The van der Waals surface area contributed by atoms with Gasteiger partial charge in [0.2, 0.25) is 0 Å². The molecule has 5 nitrogen and oxygen atoms in total. The maximum absolute atomic E-state index is 12.8. The highest BCUT2D eigenvalue weighted by atomic mass is 19.4. The summed E-state index contributed by atoms with van der Waals surface area (Å²) >= 11 is 0. The Morgan fingerprint density at radius 2 is 2.00 bits per heavy atom. The Labute approximate surface area is 152 Å². The molecule has 27 heavy (non-hydrogen) atoms. The zero-order valence-electron chi connectivity index (χ0n) is 14.3. The molecule has 8 heteroatoms. The molecule has 1 N–H and O–H groups in total. The van der Waals surface area contributed by atoms with Crippen LogP contribution in [0.5, 0.6) is 0 Å². The molecule has 0 radical (unpaired) electrons. The highest BCUT2D eigenvalue weighted by Crippen LogP contribution is 2.33. The van der Waals surface area contributed by atoms with Gasteiger partial charge >= 0.3 is 12.1 Å². The summed E-state index contributed by atoms with van der Waals surface area (Å²) in [4.78, 5) is 15.8. The molecule has 1 aliphatic rings. The number of furan rings is 1. The lowest BCUT2D eigenvalue weighted by Crippen LogP contribution is -2.11. The van der Waals surface area contributed by atoms with E-state index in [0.29, 0.717) is 0 Å². The molecule has 0 unspecified atom stereocenters. The van der Waals surface area contributed by atoms with Crippen LogP contribution in [0.3, 0.4) is 0 Å². The van der Waals surface area contributed by atoms with Crippen LogP contribution in [0.15, 0.2) is 62.8 Å². The van der Waals surface area contributed by atoms with Crippen molar-refractivity contribution in [3.63, 3.8) is 0 Å².